The molecule has 0 aliphatic carbocycles. The Balaban J connectivity index is 0.000000238. The lowest BCUT2D eigenvalue weighted by atomic mass is 10.1. The van der Waals surface area contributed by atoms with Gasteiger partial charge in [-0.3, -0.25) is 19.0 Å². The average Bonchev–Trinajstić information content (AvgIpc) is 2.72. The van der Waals surface area contributed by atoms with Gasteiger partial charge in [0.1, 0.15) is 12.4 Å². The third kappa shape index (κ3) is 7.25. The fourth-order valence-electron chi connectivity index (χ4n) is 3.18. The highest BCUT2D eigenvalue weighted by Crippen LogP contribution is 2.09. The highest BCUT2D eigenvalue weighted by molar-refractivity contribution is 7.27. The second-order valence-corrected chi connectivity index (χ2v) is 8.05. The molecule has 1 aliphatic heterocycles. The summed E-state index contributed by atoms with van der Waals surface area (Å²) in [6, 6.07) is 5.53. The molecule has 3 rings (SSSR count). The molecule has 33 heavy (non-hydrogen) atoms. The SMILES string of the molecule is CC1=CC(Cn2c(=O)ccn(C)c2=O)NC(C)=C1.O=C(O)CNC(=O)c1c(F)cccc1P. The Morgan fingerprint density at radius 1 is 1.24 bits per heavy atom. The number of carboxylic acids is 1. The van der Waals surface area contributed by atoms with Crippen LogP contribution in [0.2, 0.25) is 0 Å². The summed E-state index contributed by atoms with van der Waals surface area (Å²) in [7, 11) is 3.85. The number of carbonyl (C=O) groups is 2. The Hall–Kier alpha value is -3.52. The highest BCUT2D eigenvalue weighted by atomic mass is 31.0. The first kappa shape index (κ1) is 25.7. The Morgan fingerprint density at radius 2 is 1.94 bits per heavy atom. The van der Waals surface area contributed by atoms with Crippen molar-refractivity contribution < 1.29 is 19.1 Å². The number of carbonyl (C=O) groups excluding carboxylic acids is 1. The first-order valence-electron chi connectivity index (χ1n) is 9.93. The van der Waals surface area contributed by atoms with Gasteiger partial charge in [0, 0.05) is 25.0 Å². The average molecular weight is 476 g/mol. The maximum absolute atomic E-state index is 13.2. The quantitative estimate of drug-likeness (QED) is 0.541. The summed E-state index contributed by atoms with van der Waals surface area (Å²) >= 11 is 0. The smallest absolute Gasteiger partial charge is 0.330 e. The molecule has 2 atom stereocenters. The fraction of sp³-hybridized carbons (Fsp3) is 0.273. The van der Waals surface area contributed by atoms with Crippen molar-refractivity contribution in [3.8, 4) is 0 Å². The zero-order chi connectivity index (χ0) is 24.7. The second-order valence-electron chi connectivity index (χ2n) is 7.43. The van der Waals surface area contributed by atoms with Crippen molar-refractivity contribution in [2.24, 2.45) is 7.05 Å². The number of halogens is 1. The zero-order valence-electron chi connectivity index (χ0n) is 18.5. The minimum Gasteiger partial charge on any atom is -0.480 e. The van der Waals surface area contributed by atoms with E-state index in [9.17, 15) is 23.6 Å². The van der Waals surface area contributed by atoms with E-state index < -0.39 is 24.2 Å². The Bertz CT molecular complexity index is 1210. The molecule has 0 bridgehead atoms. The molecular formula is C22H26FN4O5P. The third-order valence-corrected chi connectivity index (χ3v) is 5.09. The topological polar surface area (TPSA) is 122 Å². The number of benzene rings is 1. The largest absolute Gasteiger partial charge is 0.480 e. The Morgan fingerprint density at radius 3 is 2.55 bits per heavy atom. The third-order valence-electron chi connectivity index (χ3n) is 4.61. The number of dihydropyridines is 1. The summed E-state index contributed by atoms with van der Waals surface area (Å²) in [5.74, 6) is -2.59. The molecule has 1 aliphatic rings. The van der Waals surface area contributed by atoms with Gasteiger partial charge in [-0.15, -0.1) is 9.24 Å². The summed E-state index contributed by atoms with van der Waals surface area (Å²) in [6.07, 6.45) is 5.54. The van der Waals surface area contributed by atoms with Crippen LogP contribution in [-0.4, -0.2) is 38.7 Å². The van der Waals surface area contributed by atoms with E-state index in [0.29, 0.717) is 11.8 Å². The summed E-state index contributed by atoms with van der Waals surface area (Å²) in [4.78, 5) is 45.2. The number of hydrogen-bond acceptors (Lipinski definition) is 5. The van der Waals surface area contributed by atoms with Gasteiger partial charge in [-0.05, 0) is 31.3 Å². The van der Waals surface area contributed by atoms with Crippen LogP contribution in [0.1, 0.15) is 24.2 Å². The van der Waals surface area contributed by atoms with E-state index in [1.807, 2.05) is 26.0 Å². The van der Waals surface area contributed by atoms with E-state index >= 15 is 0 Å². The summed E-state index contributed by atoms with van der Waals surface area (Å²) in [5, 5.41) is 14.1. The van der Waals surface area contributed by atoms with Crippen LogP contribution in [-0.2, 0) is 18.4 Å². The molecule has 2 aromatic rings. The van der Waals surface area contributed by atoms with Crippen LogP contribution in [0, 0.1) is 5.82 Å². The van der Waals surface area contributed by atoms with Crippen LogP contribution < -0.4 is 27.2 Å². The normalized spacial score (nSPS) is 14.8. The zero-order valence-corrected chi connectivity index (χ0v) is 19.6. The minimum absolute atomic E-state index is 0.0252. The molecule has 0 fully saturated rings. The second kappa shape index (κ2) is 11.4. The molecule has 1 aromatic heterocycles. The van der Waals surface area contributed by atoms with Gasteiger partial charge in [0.05, 0.1) is 18.2 Å². The number of hydrogen-bond donors (Lipinski definition) is 3. The van der Waals surface area contributed by atoms with Crippen molar-refractivity contribution in [3.05, 3.63) is 86.1 Å². The van der Waals surface area contributed by atoms with Crippen LogP contribution in [0.5, 0.6) is 0 Å². The number of carboxylic acid groups (broad SMARTS) is 1. The maximum Gasteiger partial charge on any atom is 0.330 e. The summed E-state index contributed by atoms with van der Waals surface area (Å²) < 4.78 is 15.9. The molecule has 0 radical (unpaired) electrons. The van der Waals surface area contributed by atoms with Crippen molar-refractivity contribution in [1.29, 1.82) is 0 Å². The van der Waals surface area contributed by atoms with E-state index in [-0.39, 0.29) is 22.9 Å². The lowest BCUT2D eigenvalue weighted by molar-refractivity contribution is -0.135. The van der Waals surface area contributed by atoms with E-state index in [2.05, 4.69) is 19.9 Å². The molecule has 0 spiro atoms. The molecule has 11 heteroatoms. The van der Waals surface area contributed by atoms with Crippen molar-refractivity contribution in [2.45, 2.75) is 26.4 Å². The predicted molar refractivity (Wildman–Crippen MR) is 126 cm³/mol. The molecule has 0 saturated heterocycles. The van der Waals surface area contributed by atoms with Gasteiger partial charge in [-0.2, -0.15) is 0 Å². The number of rotatable bonds is 5. The molecule has 1 amide bonds. The van der Waals surface area contributed by atoms with E-state index in [1.165, 1.54) is 27.5 Å². The molecule has 176 valence electrons. The summed E-state index contributed by atoms with van der Waals surface area (Å²) in [5.41, 5.74) is 1.47. The lowest BCUT2D eigenvalue weighted by Crippen LogP contribution is -2.44. The van der Waals surface area contributed by atoms with Crippen LogP contribution in [0.15, 0.2) is 63.5 Å². The van der Waals surface area contributed by atoms with Crippen LogP contribution >= 0.6 is 9.24 Å². The van der Waals surface area contributed by atoms with E-state index in [1.54, 1.807) is 13.1 Å². The summed E-state index contributed by atoms with van der Waals surface area (Å²) in [6.45, 7) is 3.78. The van der Waals surface area contributed by atoms with Gasteiger partial charge in [0.2, 0.25) is 0 Å². The number of aryl methyl sites for hydroxylation is 1. The molecular weight excluding hydrogens is 450 g/mol. The molecule has 2 unspecified atom stereocenters. The molecule has 0 saturated carbocycles. The number of aromatic nitrogens is 2. The van der Waals surface area contributed by atoms with Gasteiger partial charge in [-0.25, -0.2) is 9.18 Å². The molecule has 1 aromatic carbocycles. The van der Waals surface area contributed by atoms with Gasteiger partial charge in [0.15, 0.2) is 0 Å². The highest BCUT2D eigenvalue weighted by Gasteiger charge is 2.15. The van der Waals surface area contributed by atoms with Crippen molar-refractivity contribution in [1.82, 2.24) is 19.8 Å². The number of allylic oxidation sites excluding steroid dienone is 3. The molecule has 3 N–H and O–H groups in total. The number of nitrogens with one attached hydrogen (secondary N) is 2. The Kier molecular flexibility index (Phi) is 8.87. The maximum atomic E-state index is 13.2. The van der Waals surface area contributed by atoms with Gasteiger partial charge in [-0.1, -0.05) is 23.8 Å². The van der Waals surface area contributed by atoms with Crippen LogP contribution in [0.3, 0.4) is 0 Å². The number of nitrogens with zero attached hydrogens (tertiary/aromatic N) is 2. The van der Waals surface area contributed by atoms with Gasteiger partial charge < -0.3 is 20.3 Å². The van der Waals surface area contributed by atoms with Crippen molar-refractivity contribution >= 4 is 26.4 Å². The van der Waals surface area contributed by atoms with Crippen molar-refractivity contribution in [3.63, 3.8) is 0 Å². The minimum atomic E-state index is -1.18. The molecule has 2 heterocycles. The van der Waals surface area contributed by atoms with E-state index in [0.717, 1.165) is 17.3 Å². The monoisotopic (exact) mass is 476 g/mol. The van der Waals surface area contributed by atoms with Crippen molar-refractivity contribution in [2.75, 3.05) is 6.54 Å². The number of amides is 1. The Labute approximate surface area is 191 Å². The predicted octanol–water partition coefficient (Wildman–Crippen LogP) is 0.509. The first-order chi connectivity index (χ1) is 15.5. The first-order valence-corrected chi connectivity index (χ1v) is 10.5. The van der Waals surface area contributed by atoms with Gasteiger partial charge in [0.25, 0.3) is 11.5 Å². The van der Waals surface area contributed by atoms with Gasteiger partial charge >= 0.3 is 11.7 Å². The number of aliphatic carboxylic acids is 1. The van der Waals surface area contributed by atoms with Crippen LogP contribution in [0.4, 0.5) is 4.39 Å². The standard InChI is InChI=1S/C13H17N3O2.C9H9FNO3P/c1-9-6-10(2)14-11(7-9)8-16-12(17)4-5-15(3)13(16)18;10-5-2-1-3-6(15)8(5)9(14)11-4-7(12)13/h4-7,11,14H,8H2,1-3H3;1-3H,4,15H2,(H,11,14)(H,12,13). The lowest BCUT2D eigenvalue weighted by Gasteiger charge is -2.22. The van der Waals surface area contributed by atoms with Crippen LogP contribution in [0.25, 0.3) is 0 Å². The van der Waals surface area contributed by atoms with E-state index in [4.69, 9.17) is 5.11 Å². The molecule has 9 nitrogen and oxygen atoms in total. The fourth-order valence-corrected chi connectivity index (χ4v) is 3.56.